The number of carbonyl (C=O) groups is 2. The number of carbonyl (C=O) groups excluding carboxylic acids is 2. The van der Waals surface area contributed by atoms with E-state index in [0.717, 1.165) is 24.8 Å². The Bertz CT molecular complexity index is 958. The number of β-lactam (4-membered cyclic amide) rings is 1. The van der Waals surface area contributed by atoms with Gasteiger partial charge in [0.1, 0.15) is 6.04 Å². The average molecular weight is 403 g/mol. The zero-order chi connectivity index (χ0) is 19.9. The van der Waals surface area contributed by atoms with Crippen LogP contribution in [-0.2, 0) is 26.2 Å². The number of nitrogens with zero attached hydrogens (tertiary/aromatic N) is 2. The Morgan fingerprint density at radius 2 is 1.93 bits per heavy atom. The van der Waals surface area contributed by atoms with Crippen molar-refractivity contribution in [3.8, 4) is 0 Å². The van der Waals surface area contributed by atoms with Gasteiger partial charge in [0.15, 0.2) is 0 Å². The average Bonchev–Trinajstić information content (AvgIpc) is 3.12. The molecule has 2 saturated carbocycles. The minimum Gasteiger partial charge on any atom is -0.326 e. The molecule has 150 valence electrons. The quantitative estimate of drug-likeness (QED) is 0.726. The van der Waals surface area contributed by atoms with Crippen LogP contribution in [0.4, 0.5) is 0 Å². The van der Waals surface area contributed by atoms with Crippen LogP contribution in [0.3, 0.4) is 0 Å². The van der Waals surface area contributed by atoms with E-state index in [0.29, 0.717) is 12.5 Å². The van der Waals surface area contributed by atoms with Crippen LogP contribution in [0.2, 0.25) is 0 Å². The highest BCUT2D eigenvalue weighted by Crippen LogP contribution is 2.70. The Kier molecular flexibility index (Phi) is 3.62. The Labute approximate surface area is 165 Å². The van der Waals surface area contributed by atoms with Gasteiger partial charge >= 0.3 is 0 Å². The van der Waals surface area contributed by atoms with Crippen molar-refractivity contribution in [3.63, 3.8) is 0 Å². The first-order valence-electron chi connectivity index (χ1n) is 10.1. The molecule has 2 amide bonds. The molecule has 4 atom stereocenters. The normalized spacial score (nSPS) is 37.1. The summed E-state index contributed by atoms with van der Waals surface area (Å²) in [4.78, 5) is 27.1. The molecule has 2 heterocycles. The maximum atomic E-state index is 13.4. The first-order chi connectivity index (χ1) is 13.2. The predicted molar refractivity (Wildman–Crippen MR) is 103 cm³/mol. The zero-order valence-corrected chi connectivity index (χ0v) is 17.1. The molecule has 2 saturated heterocycles. The fraction of sp³-hybridized carbons (Fsp3) is 0.619. The van der Waals surface area contributed by atoms with E-state index in [4.69, 9.17) is 0 Å². The maximum Gasteiger partial charge on any atom is 0.259 e. The first kappa shape index (κ1) is 18.2. The third-order valence-electron chi connectivity index (χ3n) is 8.17. The second-order valence-electron chi connectivity index (χ2n) is 9.48. The third-order valence-corrected chi connectivity index (χ3v) is 10.1. The van der Waals surface area contributed by atoms with Gasteiger partial charge in [0.05, 0.1) is 18.2 Å². The molecule has 0 unspecified atom stereocenters. The van der Waals surface area contributed by atoms with Crippen molar-refractivity contribution in [2.45, 2.75) is 58.2 Å². The monoisotopic (exact) mass is 402 g/mol. The first-order valence-corrected chi connectivity index (χ1v) is 11.7. The van der Waals surface area contributed by atoms with Crippen LogP contribution in [0.15, 0.2) is 30.3 Å². The molecule has 0 radical (unpaired) electrons. The number of fused-ring (bicyclic) bond motifs is 1. The maximum absolute atomic E-state index is 13.4. The minimum absolute atomic E-state index is 0.0687. The highest BCUT2D eigenvalue weighted by Gasteiger charge is 2.72. The summed E-state index contributed by atoms with van der Waals surface area (Å²) in [5.41, 5.74) is 0.540. The molecule has 2 aliphatic heterocycles. The molecule has 0 N–H and O–H groups in total. The topological polar surface area (TPSA) is 74.8 Å². The van der Waals surface area contributed by atoms with Crippen LogP contribution in [0.1, 0.15) is 45.1 Å². The van der Waals surface area contributed by atoms with Gasteiger partial charge in [-0.15, -0.1) is 0 Å². The van der Waals surface area contributed by atoms with Crippen LogP contribution >= 0.6 is 0 Å². The Morgan fingerprint density at radius 1 is 1.21 bits per heavy atom. The summed E-state index contributed by atoms with van der Waals surface area (Å²) in [7, 11) is -3.65. The van der Waals surface area contributed by atoms with E-state index < -0.39 is 22.0 Å². The van der Waals surface area contributed by atoms with E-state index in [9.17, 15) is 18.0 Å². The van der Waals surface area contributed by atoms with Crippen molar-refractivity contribution < 1.29 is 18.0 Å². The molecule has 6 nitrogen and oxygen atoms in total. The van der Waals surface area contributed by atoms with Gasteiger partial charge in [0.2, 0.25) is 15.9 Å². The zero-order valence-electron chi connectivity index (χ0n) is 16.3. The highest BCUT2D eigenvalue weighted by molar-refractivity contribution is 7.90. The van der Waals surface area contributed by atoms with Crippen molar-refractivity contribution in [1.29, 1.82) is 0 Å². The van der Waals surface area contributed by atoms with Gasteiger partial charge in [-0.25, -0.2) is 12.7 Å². The standard InChI is InChI=1S/C21H26N2O4S/c1-20(2)15-8-9-21(20)13-28(26,27)23(17(21)10-15)19(25)16-11-18(24)22(16)12-14-6-4-3-5-7-14/h3-7,15-17H,8-13H2,1-2H3/t15-,16+,17+,21-/m1/s1. The largest absolute Gasteiger partial charge is 0.326 e. The molecule has 1 aromatic rings. The molecule has 5 rings (SSSR count). The number of likely N-dealkylation sites (tertiary alicyclic amines) is 1. The summed E-state index contributed by atoms with van der Waals surface area (Å²) in [6.07, 6.45) is 2.78. The lowest BCUT2D eigenvalue weighted by Crippen LogP contribution is -2.61. The third kappa shape index (κ3) is 2.17. The number of amides is 2. The van der Waals surface area contributed by atoms with Gasteiger partial charge in [-0.3, -0.25) is 9.59 Å². The molecular formula is C21H26N2O4S. The fourth-order valence-electron chi connectivity index (χ4n) is 6.38. The summed E-state index contributed by atoms with van der Waals surface area (Å²) >= 11 is 0. The molecule has 1 aromatic carbocycles. The molecule has 28 heavy (non-hydrogen) atoms. The summed E-state index contributed by atoms with van der Waals surface area (Å²) in [5, 5.41) is 0. The van der Waals surface area contributed by atoms with Gasteiger partial charge in [-0.1, -0.05) is 44.2 Å². The van der Waals surface area contributed by atoms with Gasteiger partial charge in [-0.05, 0) is 36.2 Å². The number of rotatable bonds is 3. The van der Waals surface area contributed by atoms with Gasteiger partial charge in [0.25, 0.3) is 5.91 Å². The highest BCUT2D eigenvalue weighted by atomic mass is 32.2. The van der Waals surface area contributed by atoms with Crippen molar-refractivity contribution in [2.24, 2.45) is 16.7 Å². The Morgan fingerprint density at radius 3 is 2.57 bits per heavy atom. The van der Waals surface area contributed by atoms with E-state index in [1.807, 2.05) is 30.3 Å². The van der Waals surface area contributed by atoms with E-state index >= 15 is 0 Å². The molecule has 4 fully saturated rings. The molecule has 7 heteroatoms. The van der Waals surface area contributed by atoms with Crippen LogP contribution in [0.5, 0.6) is 0 Å². The molecule has 1 spiro atoms. The van der Waals surface area contributed by atoms with E-state index in [2.05, 4.69) is 13.8 Å². The SMILES string of the molecule is CC1(C)[C@@H]2CC[C@]13CS(=O)(=O)N(C(=O)[C@@H]1CC(=O)N1Cc1ccccc1)[C@H]3C2. The molecular weight excluding hydrogens is 376 g/mol. The predicted octanol–water partition coefficient (Wildman–Crippen LogP) is 2.15. The van der Waals surface area contributed by atoms with E-state index in [-0.39, 0.29) is 35.0 Å². The smallest absolute Gasteiger partial charge is 0.259 e. The molecule has 2 bridgehead atoms. The second-order valence-corrected chi connectivity index (χ2v) is 11.3. The van der Waals surface area contributed by atoms with Crippen molar-refractivity contribution in [1.82, 2.24) is 9.21 Å². The van der Waals surface area contributed by atoms with Crippen molar-refractivity contribution in [2.75, 3.05) is 5.75 Å². The molecule has 4 aliphatic rings. The van der Waals surface area contributed by atoms with E-state index in [1.54, 1.807) is 0 Å². The Hall–Kier alpha value is -1.89. The van der Waals surface area contributed by atoms with Crippen LogP contribution < -0.4 is 0 Å². The minimum atomic E-state index is -3.65. The lowest BCUT2D eigenvalue weighted by Gasteiger charge is -2.42. The van der Waals surface area contributed by atoms with Crippen molar-refractivity contribution >= 4 is 21.8 Å². The van der Waals surface area contributed by atoms with Crippen molar-refractivity contribution in [3.05, 3.63) is 35.9 Å². The number of sulfonamides is 1. The van der Waals surface area contributed by atoms with Crippen LogP contribution in [0.25, 0.3) is 0 Å². The number of benzene rings is 1. The summed E-state index contributed by atoms with van der Waals surface area (Å²) < 4.78 is 27.4. The lowest BCUT2D eigenvalue weighted by atomic mass is 9.69. The van der Waals surface area contributed by atoms with Gasteiger partial charge in [0, 0.05) is 12.0 Å². The number of hydrogen-bond acceptors (Lipinski definition) is 4. The Balaban J connectivity index is 1.43. The summed E-state index contributed by atoms with van der Waals surface area (Å²) in [6.45, 7) is 4.68. The molecule has 2 aliphatic carbocycles. The van der Waals surface area contributed by atoms with Gasteiger partial charge in [-0.2, -0.15) is 0 Å². The number of hydrogen-bond donors (Lipinski definition) is 0. The van der Waals surface area contributed by atoms with Crippen LogP contribution in [0, 0.1) is 16.7 Å². The second kappa shape index (κ2) is 5.59. The lowest BCUT2D eigenvalue weighted by molar-refractivity contribution is -0.158. The van der Waals surface area contributed by atoms with Gasteiger partial charge < -0.3 is 4.90 Å². The molecule has 0 aromatic heterocycles. The van der Waals surface area contributed by atoms with E-state index in [1.165, 1.54) is 9.21 Å². The fourth-order valence-corrected chi connectivity index (χ4v) is 8.95. The summed E-state index contributed by atoms with van der Waals surface area (Å²) in [6, 6.07) is 8.59. The summed E-state index contributed by atoms with van der Waals surface area (Å²) in [5.74, 6) is 0.0356. The van der Waals surface area contributed by atoms with Crippen LogP contribution in [-0.4, -0.2) is 47.3 Å².